The Kier molecular flexibility index (Phi) is 21.4. The van der Waals surface area contributed by atoms with Gasteiger partial charge in [-0.2, -0.15) is 0 Å². The first-order valence-electron chi connectivity index (χ1n) is 10.5. The van der Waals surface area contributed by atoms with E-state index in [-0.39, 0.29) is 18.0 Å². The van der Waals surface area contributed by atoms with Crippen LogP contribution in [0.3, 0.4) is 0 Å². The Morgan fingerprint density at radius 2 is 1.60 bits per heavy atom. The number of hydrogen-bond acceptors (Lipinski definition) is 8. The Morgan fingerprint density at radius 3 is 2.20 bits per heavy atom. The molecule has 0 saturated heterocycles. The summed E-state index contributed by atoms with van der Waals surface area (Å²) in [6.45, 7) is 12.6. The Labute approximate surface area is 190 Å². The second-order valence-electron chi connectivity index (χ2n) is 7.03. The molecule has 0 fully saturated rings. The van der Waals surface area contributed by atoms with Gasteiger partial charge >= 0.3 is 0 Å². The van der Waals surface area contributed by atoms with Crippen molar-refractivity contribution in [3.05, 3.63) is 0 Å². The first kappa shape index (κ1) is 29.5. The smallest absolute Gasteiger partial charge is 0.246 e. The van der Waals surface area contributed by atoms with E-state index in [1.807, 2.05) is 31.7 Å². The van der Waals surface area contributed by atoms with Crippen LogP contribution in [0.4, 0.5) is 0 Å². The van der Waals surface area contributed by atoms with Gasteiger partial charge in [0, 0.05) is 18.2 Å². The quantitative estimate of drug-likeness (QED) is 0.131. The molecule has 0 bridgehead atoms. The fourth-order valence-electron chi connectivity index (χ4n) is 1.87. The number of amides is 1. The summed E-state index contributed by atoms with van der Waals surface area (Å²) in [5.41, 5.74) is 0.170. The van der Waals surface area contributed by atoms with Crippen molar-refractivity contribution in [3.63, 3.8) is 0 Å². The lowest BCUT2D eigenvalue weighted by atomic mass is 10.2. The third kappa shape index (κ3) is 20.8. The molecule has 1 atom stereocenters. The maximum atomic E-state index is 11.5. The average molecular weight is 465 g/mol. The lowest BCUT2D eigenvalue weighted by Gasteiger charge is -2.20. The van der Waals surface area contributed by atoms with Crippen LogP contribution in [0.25, 0.3) is 0 Å². The molecule has 0 radical (unpaired) electrons. The molecule has 0 aromatic carbocycles. The van der Waals surface area contributed by atoms with Crippen LogP contribution in [-0.4, -0.2) is 83.5 Å². The van der Waals surface area contributed by atoms with Crippen molar-refractivity contribution in [2.45, 2.75) is 33.1 Å². The summed E-state index contributed by atoms with van der Waals surface area (Å²) in [7, 11) is 5.57. The van der Waals surface area contributed by atoms with E-state index in [1.165, 1.54) is 0 Å². The van der Waals surface area contributed by atoms with Crippen molar-refractivity contribution in [1.29, 1.82) is 0 Å². The monoisotopic (exact) mass is 464 g/mol. The van der Waals surface area contributed by atoms with Gasteiger partial charge in [-0.1, -0.05) is 61.1 Å². The van der Waals surface area contributed by atoms with Crippen LogP contribution < -0.4 is 10.6 Å². The zero-order chi connectivity index (χ0) is 22.5. The normalized spacial score (nSPS) is 12.1. The van der Waals surface area contributed by atoms with Gasteiger partial charge in [0.1, 0.15) is 12.0 Å². The standard InChI is InChI=1S/C21H40N2O5S2/c1-18(2)7-6-8-23-20(24)17-27-13-12-25-10-11-26-14-15-28-21(19(3)4)30-29-16-9-22-5/h18-19,21-22H,8-17H2,1-5H3,(H,23,24). The van der Waals surface area contributed by atoms with Crippen molar-refractivity contribution < 1.29 is 23.7 Å². The molecule has 0 aliphatic heterocycles. The summed E-state index contributed by atoms with van der Waals surface area (Å²) in [5, 5.41) is 5.82. The zero-order valence-electron chi connectivity index (χ0n) is 19.2. The highest BCUT2D eigenvalue weighted by atomic mass is 33.1. The van der Waals surface area contributed by atoms with Crippen molar-refractivity contribution in [1.82, 2.24) is 10.6 Å². The second-order valence-corrected chi connectivity index (χ2v) is 9.62. The number of carbonyl (C=O) groups is 1. The third-order valence-corrected chi connectivity index (χ3v) is 6.25. The Balaban J connectivity index is 3.46. The Morgan fingerprint density at radius 1 is 0.967 bits per heavy atom. The molecule has 0 aromatic rings. The topological polar surface area (TPSA) is 78.1 Å². The predicted molar refractivity (Wildman–Crippen MR) is 127 cm³/mol. The lowest BCUT2D eigenvalue weighted by molar-refractivity contribution is -0.126. The molecule has 1 amide bonds. The van der Waals surface area contributed by atoms with Crippen molar-refractivity contribution in [2.24, 2.45) is 11.8 Å². The first-order valence-corrected chi connectivity index (χ1v) is 12.9. The van der Waals surface area contributed by atoms with Crippen LogP contribution in [0.1, 0.15) is 27.7 Å². The summed E-state index contributed by atoms with van der Waals surface area (Å²) in [5.74, 6) is 7.52. The van der Waals surface area contributed by atoms with E-state index in [4.69, 9.17) is 18.9 Å². The maximum Gasteiger partial charge on any atom is 0.246 e. The molecular formula is C21H40N2O5S2. The summed E-state index contributed by atoms with van der Waals surface area (Å²) in [6.07, 6.45) is 0. The van der Waals surface area contributed by atoms with E-state index in [0.29, 0.717) is 58.0 Å². The van der Waals surface area contributed by atoms with Crippen LogP contribution >= 0.6 is 21.6 Å². The van der Waals surface area contributed by atoms with Gasteiger partial charge in [0.25, 0.3) is 0 Å². The van der Waals surface area contributed by atoms with E-state index < -0.39 is 0 Å². The average Bonchev–Trinajstić information content (AvgIpc) is 2.70. The molecule has 2 N–H and O–H groups in total. The van der Waals surface area contributed by atoms with E-state index in [9.17, 15) is 4.79 Å². The molecule has 7 nitrogen and oxygen atoms in total. The van der Waals surface area contributed by atoms with Crippen molar-refractivity contribution in [2.75, 3.05) is 72.1 Å². The summed E-state index contributed by atoms with van der Waals surface area (Å²) in [6, 6.07) is 0. The number of rotatable bonds is 19. The Bertz CT molecular complexity index is 470. The van der Waals surface area contributed by atoms with Gasteiger partial charge in [-0.25, -0.2) is 0 Å². The van der Waals surface area contributed by atoms with E-state index in [1.54, 1.807) is 10.8 Å². The molecule has 0 spiro atoms. The van der Waals surface area contributed by atoms with Crippen LogP contribution in [-0.2, 0) is 23.7 Å². The molecule has 9 heteroatoms. The SMILES string of the molecule is CNCCSSC(OCCOCCOCCOCC(=O)NCC#CC(C)C)C(C)C. The molecule has 176 valence electrons. The van der Waals surface area contributed by atoms with Crippen LogP contribution in [0.2, 0.25) is 0 Å². The molecule has 0 aromatic heterocycles. The first-order chi connectivity index (χ1) is 14.5. The summed E-state index contributed by atoms with van der Waals surface area (Å²) in [4.78, 5) is 11.5. The fourth-order valence-corrected chi connectivity index (χ4v) is 4.53. The summed E-state index contributed by atoms with van der Waals surface area (Å²) < 4.78 is 22.1. The number of carbonyl (C=O) groups excluding carboxylic acids is 1. The lowest BCUT2D eigenvalue weighted by Crippen LogP contribution is -2.28. The van der Waals surface area contributed by atoms with Crippen LogP contribution in [0.15, 0.2) is 0 Å². The molecule has 1 unspecified atom stereocenters. The van der Waals surface area contributed by atoms with E-state index in [2.05, 4.69) is 36.3 Å². The van der Waals surface area contributed by atoms with E-state index in [0.717, 1.165) is 12.3 Å². The third-order valence-electron chi connectivity index (χ3n) is 3.39. The molecule has 30 heavy (non-hydrogen) atoms. The highest BCUT2D eigenvalue weighted by Crippen LogP contribution is 2.31. The van der Waals surface area contributed by atoms with Gasteiger partial charge in [0.05, 0.1) is 46.2 Å². The highest BCUT2D eigenvalue weighted by molar-refractivity contribution is 8.76. The number of hydrogen-bond donors (Lipinski definition) is 2. The molecule has 0 aliphatic carbocycles. The van der Waals surface area contributed by atoms with Gasteiger partial charge in [-0.05, 0) is 13.0 Å². The molecule has 0 aliphatic rings. The largest absolute Gasteiger partial charge is 0.377 e. The molecular weight excluding hydrogens is 424 g/mol. The van der Waals surface area contributed by atoms with Crippen LogP contribution in [0, 0.1) is 23.7 Å². The van der Waals surface area contributed by atoms with Crippen molar-refractivity contribution in [3.8, 4) is 11.8 Å². The zero-order valence-corrected chi connectivity index (χ0v) is 20.8. The highest BCUT2D eigenvalue weighted by Gasteiger charge is 2.14. The Hall–Kier alpha value is -0.470. The molecule has 0 rings (SSSR count). The predicted octanol–water partition coefficient (Wildman–Crippen LogP) is 2.41. The van der Waals surface area contributed by atoms with Gasteiger partial charge in [0.15, 0.2) is 0 Å². The van der Waals surface area contributed by atoms with Gasteiger partial charge in [-0.15, -0.1) is 0 Å². The van der Waals surface area contributed by atoms with E-state index >= 15 is 0 Å². The maximum absolute atomic E-state index is 11.5. The molecule has 0 heterocycles. The molecule has 0 saturated carbocycles. The second kappa shape index (κ2) is 21.8. The minimum Gasteiger partial charge on any atom is -0.377 e. The minimum atomic E-state index is -0.172. The van der Waals surface area contributed by atoms with Gasteiger partial charge in [0.2, 0.25) is 5.91 Å². The van der Waals surface area contributed by atoms with Crippen molar-refractivity contribution >= 4 is 27.5 Å². The minimum absolute atomic E-state index is 0.0167. The van der Waals surface area contributed by atoms with Gasteiger partial charge in [-0.3, -0.25) is 4.79 Å². The fraction of sp³-hybridized carbons (Fsp3) is 0.857. The summed E-state index contributed by atoms with van der Waals surface area (Å²) >= 11 is 0. The van der Waals surface area contributed by atoms with Crippen LogP contribution in [0.5, 0.6) is 0 Å². The number of ether oxygens (including phenoxy) is 4. The van der Waals surface area contributed by atoms with Gasteiger partial charge < -0.3 is 29.6 Å². The number of nitrogens with one attached hydrogen (secondary N) is 2.